The first-order chi connectivity index (χ1) is 16.1. The van der Waals surface area contributed by atoms with Crippen LogP contribution in [0.2, 0.25) is 10.0 Å². The van der Waals surface area contributed by atoms with Gasteiger partial charge in [-0.25, -0.2) is 16.8 Å². The van der Waals surface area contributed by atoms with E-state index in [1.54, 1.807) is 48.5 Å². The third-order valence-corrected chi connectivity index (χ3v) is 10.9. The van der Waals surface area contributed by atoms with E-state index in [2.05, 4.69) is 0 Å². The molecule has 34 heavy (non-hydrogen) atoms. The zero-order valence-corrected chi connectivity index (χ0v) is 21.5. The van der Waals surface area contributed by atoms with Gasteiger partial charge in [0.2, 0.25) is 10.0 Å². The summed E-state index contributed by atoms with van der Waals surface area (Å²) in [5.74, 6) is 0.574. The number of halogens is 2. The third-order valence-electron chi connectivity index (χ3n) is 5.97. The number of nitrogens with zero attached hydrogens (tertiary/aromatic N) is 1. The minimum atomic E-state index is -3.74. The largest absolute Gasteiger partial charge is 0.497 e. The zero-order chi connectivity index (χ0) is 24.5. The van der Waals surface area contributed by atoms with Gasteiger partial charge in [0.25, 0.3) is 0 Å². The number of methoxy groups -OCH3 is 1. The first-order valence-electron chi connectivity index (χ1n) is 10.6. The summed E-state index contributed by atoms with van der Waals surface area (Å²) in [6.45, 7) is 0.272. The Morgan fingerprint density at radius 2 is 1.32 bits per heavy atom. The monoisotopic (exact) mass is 539 g/mol. The fourth-order valence-corrected chi connectivity index (χ4v) is 7.48. The molecule has 0 bridgehead atoms. The molecule has 0 saturated carbocycles. The predicted molar refractivity (Wildman–Crippen MR) is 134 cm³/mol. The van der Waals surface area contributed by atoms with Gasteiger partial charge in [-0.05, 0) is 72.5 Å². The van der Waals surface area contributed by atoms with Gasteiger partial charge in [0, 0.05) is 13.1 Å². The van der Waals surface area contributed by atoms with E-state index in [0.717, 1.165) is 11.1 Å². The first-order valence-corrected chi connectivity index (χ1v) is 14.3. The Hall–Kier alpha value is -2.10. The van der Waals surface area contributed by atoms with Crippen molar-refractivity contribution in [1.82, 2.24) is 4.31 Å². The molecule has 3 aromatic rings. The maximum atomic E-state index is 13.2. The molecule has 0 aliphatic carbocycles. The van der Waals surface area contributed by atoms with Crippen molar-refractivity contribution in [2.45, 2.75) is 27.9 Å². The van der Waals surface area contributed by atoms with Crippen LogP contribution in [0, 0.1) is 0 Å². The second kappa shape index (κ2) is 9.87. The summed E-state index contributed by atoms with van der Waals surface area (Å²) >= 11 is 12.0. The SMILES string of the molecule is COc1ccc(S(=O)(=O)C2CCN(S(=O)(=O)c3ccc(-c4ccc(Cl)c(Cl)c4)cc3)CC2)cc1. The zero-order valence-electron chi connectivity index (χ0n) is 18.3. The Morgan fingerprint density at radius 3 is 1.88 bits per heavy atom. The number of rotatable bonds is 6. The molecule has 0 amide bonds. The number of sulfone groups is 1. The fourth-order valence-electron chi connectivity index (χ4n) is 3.98. The summed E-state index contributed by atoms with van der Waals surface area (Å²) in [5, 5.41) is 0.231. The van der Waals surface area contributed by atoms with Crippen LogP contribution in [0.15, 0.2) is 76.5 Å². The highest BCUT2D eigenvalue weighted by Gasteiger charge is 2.35. The minimum Gasteiger partial charge on any atom is -0.497 e. The van der Waals surface area contributed by atoms with Crippen molar-refractivity contribution >= 4 is 43.1 Å². The molecular weight excluding hydrogens is 517 g/mol. The van der Waals surface area contributed by atoms with Crippen molar-refractivity contribution in [3.05, 3.63) is 76.8 Å². The molecule has 0 spiro atoms. The Morgan fingerprint density at radius 1 is 0.765 bits per heavy atom. The number of sulfonamides is 1. The highest BCUT2D eigenvalue weighted by Crippen LogP contribution is 2.31. The molecule has 4 rings (SSSR count). The standard InChI is InChI=1S/C24H23Cl2NO5S2/c1-32-19-5-9-20(10-6-19)33(28,29)21-12-14-27(15-13-21)34(30,31)22-7-2-17(3-8-22)18-4-11-23(25)24(26)16-18/h2-11,16,21H,12-15H2,1H3. The quantitative estimate of drug-likeness (QED) is 0.424. The molecule has 0 radical (unpaired) electrons. The lowest BCUT2D eigenvalue weighted by molar-refractivity contribution is 0.345. The molecule has 1 heterocycles. The molecule has 10 heteroatoms. The Balaban J connectivity index is 1.46. The van der Waals surface area contributed by atoms with Gasteiger partial charge in [0.1, 0.15) is 5.75 Å². The van der Waals surface area contributed by atoms with Crippen molar-refractivity contribution < 1.29 is 21.6 Å². The number of ether oxygens (including phenoxy) is 1. The summed E-state index contributed by atoms with van der Waals surface area (Å²) in [6, 6.07) is 18.0. The van der Waals surface area contributed by atoms with Gasteiger partial charge in [0.05, 0.1) is 32.2 Å². The molecule has 180 valence electrons. The minimum absolute atomic E-state index is 0.136. The summed E-state index contributed by atoms with van der Waals surface area (Å²) in [5.41, 5.74) is 1.63. The molecular formula is C24H23Cl2NO5S2. The number of piperidine rings is 1. The number of benzene rings is 3. The molecule has 1 aliphatic heterocycles. The van der Waals surface area contributed by atoms with Crippen LogP contribution in [0.3, 0.4) is 0 Å². The Bertz CT molecular complexity index is 1380. The van der Waals surface area contributed by atoms with Crippen LogP contribution < -0.4 is 4.74 Å². The number of hydrogen-bond acceptors (Lipinski definition) is 5. The molecule has 0 aromatic heterocycles. The molecule has 1 saturated heterocycles. The van der Waals surface area contributed by atoms with E-state index >= 15 is 0 Å². The summed E-state index contributed by atoms with van der Waals surface area (Å²) in [4.78, 5) is 0.375. The van der Waals surface area contributed by atoms with Gasteiger partial charge in [-0.15, -0.1) is 0 Å². The van der Waals surface area contributed by atoms with Gasteiger partial charge in [-0.3, -0.25) is 0 Å². The molecule has 0 unspecified atom stereocenters. The third kappa shape index (κ3) is 4.97. The normalized spacial score (nSPS) is 15.9. The van der Waals surface area contributed by atoms with E-state index in [4.69, 9.17) is 27.9 Å². The molecule has 0 atom stereocenters. The fraction of sp³-hybridized carbons (Fsp3) is 0.250. The van der Waals surface area contributed by atoms with Crippen LogP contribution in [-0.4, -0.2) is 46.6 Å². The highest BCUT2D eigenvalue weighted by molar-refractivity contribution is 7.92. The van der Waals surface area contributed by atoms with Crippen LogP contribution in [0.4, 0.5) is 0 Å². The Labute approximate surface area is 210 Å². The van der Waals surface area contributed by atoms with Crippen molar-refractivity contribution in [1.29, 1.82) is 0 Å². The van der Waals surface area contributed by atoms with Crippen LogP contribution >= 0.6 is 23.2 Å². The highest BCUT2D eigenvalue weighted by atomic mass is 35.5. The van der Waals surface area contributed by atoms with E-state index in [1.807, 2.05) is 6.07 Å². The second-order valence-corrected chi connectivity index (χ2v) is 13.0. The molecule has 3 aromatic carbocycles. The van der Waals surface area contributed by atoms with Crippen molar-refractivity contribution in [3.8, 4) is 16.9 Å². The van der Waals surface area contributed by atoms with Crippen LogP contribution in [0.25, 0.3) is 11.1 Å². The summed E-state index contributed by atoms with van der Waals surface area (Å²) in [6.07, 6.45) is 0.462. The first kappa shape index (κ1) is 25.0. The van der Waals surface area contributed by atoms with Gasteiger partial charge in [-0.2, -0.15) is 4.31 Å². The van der Waals surface area contributed by atoms with E-state index in [9.17, 15) is 16.8 Å². The summed E-state index contributed by atoms with van der Waals surface area (Å²) in [7, 11) is -5.79. The predicted octanol–water partition coefficient (Wildman–Crippen LogP) is 5.30. The van der Waals surface area contributed by atoms with E-state index in [1.165, 1.54) is 23.5 Å². The van der Waals surface area contributed by atoms with Crippen molar-refractivity contribution in [3.63, 3.8) is 0 Å². The lowest BCUT2D eigenvalue weighted by Crippen LogP contribution is -2.42. The lowest BCUT2D eigenvalue weighted by atomic mass is 10.1. The van der Waals surface area contributed by atoms with E-state index in [0.29, 0.717) is 15.8 Å². The van der Waals surface area contributed by atoms with Crippen LogP contribution in [-0.2, 0) is 19.9 Å². The average molecular weight is 540 g/mol. The lowest BCUT2D eigenvalue weighted by Gasteiger charge is -2.31. The van der Waals surface area contributed by atoms with Crippen LogP contribution in [0.1, 0.15) is 12.8 Å². The molecule has 0 N–H and O–H groups in total. The maximum Gasteiger partial charge on any atom is 0.243 e. The van der Waals surface area contributed by atoms with Crippen molar-refractivity contribution in [2.24, 2.45) is 0 Å². The maximum absolute atomic E-state index is 13.2. The van der Waals surface area contributed by atoms with Gasteiger partial charge < -0.3 is 4.74 Å². The second-order valence-electron chi connectivity index (χ2n) is 7.98. The van der Waals surface area contributed by atoms with Gasteiger partial charge in [0.15, 0.2) is 9.84 Å². The summed E-state index contributed by atoms with van der Waals surface area (Å²) < 4.78 is 58.7. The van der Waals surface area contributed by atoms with Gasteiger partial charge >= 0.3 is 0 Å². The van der Waals surface area contributed by atoms with Crippen molar-refractivity contribution in [2.75, 3.05) is 20.2 Å². The molecule has 1 fully saturated rings. The van der Waals surface area contributed by atoms with Crippen LogP contribution in [0.5, 0.6) is 5.75 Å². The average Bonchev–Trinajstić information content (AvgIpc) is 2.86. The smallest absolute Gasteiger partial charge is 0.243 e. The van der Waals surface area contributed by atoms with E-state index < -0.39 is 25.1 Å². The Kier molecular flexibility index (Phi) is 7.26. The number of hydrogen-bond donors (Lipinski definition) is 0. The topological polar surface area (TPSA) is 80.8 Å². The van der Waals surface area contributed by atoms with E-state index in [-0.39, 0.29) is 35.7 Å². The van der Waals surface area contributed by atoms with Gasteiger partial charge in [-0.1, -0.05) is 41.4 Å². The molecule has 6 nitrogen and oxygen atoms in total. The molecule has 1 aliphatic rings.